The molecule has 0 atom stereocenters. The number of carbonyl (C=O) groups is 1. The number of benzene rings is 1. The van der Waals surface area contributed by atoms with E-state index >= 15 is 0 Å². The summed E-state index contributed by atoms with van der Waals surface area (Å²) in [5, 5.41) is 5.06. The second-order valence-corrected chi connectivity index (χ2v) is 7.75. The first-order valence-electron chi connectivity index (χ1n) is 7.63. The highest BCUT2D eigenvalue weighted by Gasteiger charge is 2.17. The predicted octanol–water partition coefficient (Wildman–Crippen LogP) is 1.66. The van der Waals surface area contributed by atoms with Crippen LogP contribution in [0.5, 0.6) is 0 Å². The predicted molar refractivity (Wildman–Crippen MR) is 98.1 cm³/mol. The van der Waals surface area contributed by atoms with E-state index in [-0.39, 0.29) is 33.3 Å². The van der Waals surface area contributed by atoms with Crippen LogP contribution < -0.4 is 10.7 Å². The lowest BCUT2D eigenvalue weighted by atomic mass is 10.2. The van der Waals surface area contributed by atoms with Crippen LogP contribution in [0.3, 0.4) is 0 Å². The van der Waals surface area contributed by atoms with Crippen molar-refractivity contribution in [3.05, 3.63) is 74.8 Å². The third kappa shape index (κ3) is 4.16. The summed E-state index contributed by atoms with van der Waals surface area (Å²) in [6.45, 7) is 1.56. The minimum absolute atomic E-state index is 0.00872. The van der Waals surface area contributed by atoms with Crippen LogP contribution in [-0.4, -0.2) is 23.8 Å². The van der Waals surface area contributed by atoms with Gasteiger partial charge in [0, 0.05) is 12.3 Å². The molecule has 8 nitrogen and oxygen atoms in total. The molecule has 2 aromatic heterocycles. The molecule has 27 heavy (non-hydrogen) atoms. The number of nitrogens with two attached hydrogens (primary N) is 1. The van der Waals surface area contributed by atoms with Gasteiger partial charge >= 0.3 is 5.97 Å². The summed E-state index contributed by atoms with van der Waals surface area (Å²) in [5.41, 5.74) is 1.08. The summed E-state index contributed by atoms with van der Waals surface area (Å²) < 4.78 is 29.3. The highest BCUT2D eigenvalue weighted by molar-refractivity contribution is 7.89. The van der Waals surface area contributed by atoms with Crippen LogP contribution in [0.4, 0.5) is 0 Å². The van der Waals surface area contributed by atoms with Crippen LogP contribution in [0.2, 0.25) is 5.02 Å². The maximum absolute atomic E-state index is 12.3. The Hall–Kier alpha value is -2.75. The molecular weight excluding hydrogens is 394 g/mol. The van der Waals surface area contributed by atoms with E-state index in [9.17, 15) is 18.0 Å². The Morgan fingerprint density at radius 1 is 1.26 bits per heavy atom. The molecule has 0 saturated carbocycles. The van der Waals surface area contributed by atoms with Gasteiger partial charge in [0.05, 0.1) is 21.2 Å². The molecule has 0 aliphatic carbocycles. The van der Waals surface area contributed by atoms with Gasteiger partial charge in [-0.25, -0.2) is 23.3 Å². The molecule has 140 valence electrons. The number of pyridine rings is 1. The summed E-state index contributed by atoms with van der Waals surface area (Å²) in [6.07, 6.45) is 1.65. The van der Waals surface area contributed by atoms with Crippen molar-refractivity contribution in [1.82, 2.24) is 9.38 Å². The molecule has 0 spiro atoms. The van der Waals surface area contributed by atoms with Crippen LogP contribution >= 0.6 is 11.6 Å². The summed E-state index contributed by atoms with van der Waals surface area (Å²) in [7, 11) is -4.00. The molecule has 0 unspecified atom stereocenters. The number of rotatable bonds is 4. The molecule has 0 aliphatic rings. The molecule has 1 aromatic carbocycles. The van der Waals surface area contributed by atoms with Crippen molar-refractivity contribution in [3.8, 4) is 0 Å². The molecule has 3 aromatic rings. The molecule has 0 bridgehead atoms. The Morgan fingerprint density at radius 2 is 2.00 bits per heavy atom. The number of primary sulfonamides is 1. The summed E-state index contributed by atoms with van der Waals surface area (Å²) >= 11 is 5.94. The number of hydrogen-bond acceptors (Lipinski definition) is 6. The highest BCUT2D eigenvalue weighted by Crippen LogP contribution is 2.21. The van der Waals surface area contributed by atoms with E-state index in [2.05, 4.69) is 4.98 Å². The molecule has 0 saturated heterocycles. The second-order valence-electron chi connectivity index (χ2n) is 5.78. The normalized spacial score (nSPS) is 11.5. The van der Waals surface area contributed by atoms with E-state index in [0.29, 0.717) is 5.65 Å². The first kappa shape index (κ1) is 19.0. The van der Waals surface area contributed by atoms with E-state index in [0.717, 1.165) is 11.6 Å². The molecule has 0 aliphatic heterocycles. The molecule has 0 amide bonds. The Labute approximate surface area is 159 Å². The minimum Gasteiger partial charge on any atom is -0.456 e. The Kier molecular flexibility index (Phi) is 5.01. The number of halogens is 1. The van der Waals surface area contributed by atoms with Gasteiger partial charge in [-0.3, -0.25) is 9.20 Å². The number of aromatic nitrogens is 2. The van der Waals surface area contributed by atoms with Gasteiger partial charge in [-0.05, 0) is 36.8 Å². The first-order chi connectivity index (χ1) is 12.6. The maximum Gasteiger partial charge on any atom is 0.340 e. The number of esters is 1. The zero-order valence-electron chi connectivity index (χ0n) is 14.0. The van der Waals surface area contributed by atoms with Gasteiger partial charge in [-0.15, -0.1) is 0 Å². The summed E-state index contributed by atoms with van der Waals surface area (Å²) in [4.78, 5) is 28.4. The van der Waals surface area contributed by atoms with Gasteiger partial charge in [-0.1, -0.05) is 17.7 Å². The first-order valence-corrected chi connectivity index (χ1v) is 9.56. The van der Waals surface area contributed by atoms with E-state index < -0.39 is 16.0 Å². The van der Waals surface area contributed by atoms with Crippen molar-refractivity contribution in [1.29, 1.82) is 0 Å². The molecule has 10 heteroatoms. The van der Waals surface area contributed by atoms with Crippen molar-refractivity contribution in [2.45, 2.75) is 18.4 Å². The molecule has 2 heterocycles. The zero-order valence-corrected chi connectivity index (χ0v) is 15.6. The van der Waals surface area contributed by atoms with Gasteiger partial charge in [0.1, 0.15) is 12.3 Å². The van der Waals surface area contributed by atoms with E-state index in [1.165, 1.54) is 22.6 Å². The lowest BCUT2D eigenvalue weighted by molar-refractivity contribution is 0.0467. The zero-order chi connectivity index (χ0) is 19.8. The average molecular weight is 408 g/mol. The highest BCUT2D eigenvalue weighted by atomic mass is 35.5. The van der Waals surface area contributed by atoms with E-state index in [1.54, 1.807) is 18.3 Å². The van der Waals surface area contributed by atoms with E-state index in [1.807, 2.05) is 6.92 Å². The van der Waals surface area contributed by atoms with Crippen molar-refractivity contribution >= 4 is 33.2 Å². The number of hydrogen-bond donors (Lipinski definition) is 1. The van der Waals surface area contributed by atoms with Crippen LogP contribution in [0.25, 0.3) is 5.65 Å². The van der Waals surface area contributed by atoms with Crippen molar-refractivity contribution < 1.29 is 17.9 Å². The van der Waals surface area contributed by atoms with Crippen LogP contribution in [0.15, 0.2) is 52.3 Å². The van der Waals surface area contributed by atoms with Crippen LogP contribution in [0.1, 0.15) is 21.6 Å². The van der Waals surface area contributed by atoms with Gasteiger partial charge < -0.3 is 4.74 Å². The topological polar surface area (TPSA) is 121 Å². The average Bonchev–Trinajstić information content (AvgIpc) is 2.59. The Balaban J connectivity index is 1.85. The lowest BCUT2D eigenvalue weighted by Crippen LogP contribution is -2.17. The molecule has 0 radical (unpaired) electrons. The van der Waals surface area contributed by atoms with Crippen LogP contribution in [-0.2, 0) is 21.4 Å². The van der Waals surface area contributed by atoms with Crippen molar-refractivity contribution in [2.24, 2.45) is 5.14 Å². The standard InChI is InChI=1S/C17H14ClN3O5S/c1-10-2-5-15-20-11(6-16(22)21(15)8-10)9-26-17(23)13-7-12(27(19,24)25)3-4-14(13)18/h2-8H,9H2,1H3,(H2,19,24,25). The Bertz CT molecular complexity index is 1220. The second kappa shape index (κ2) is 7.10. The number of aryl methyl sites for hydroxylation is 1. The quantitative estimate of drug-likeness (QED) is 0.656. The van der Waals surface area contributed by atoms with Crippen molar-refractivity contribution in [3.63, 3.8) is 0 Å². The number of nitrogens with zero attached hydrogens (tertiary/aromatic N) is 2. The smallest absolute Gasteiger partial charge is 0.340 e. The van der Waals surface area contributed by atoms with Crippen molar-refractivity contribution in [2.75, 3.05) is 0 Å². The molecule has 0 fully saturated rings. The Morgan fingerprint density at radius 3 is 2.70 bits per heavy atom. The fraction of sp³-hybridized carbons (Fsp3) is 0.118. The fourth-order valence-corrected chi connectivity index (χ4v) is 3.12. The van der Waals surface area contributed by atoms with Gasteiger partial charge in [0.15, 0.2) is 0 Å². The number of carbonyl (C=O) groups excluding carboxylic acids is 1. The lowest BCUT2D eigenvalue weighted by Gasteiger charge is -2.08. The van der Waals surface area contributed by atoms with Gasteiger partial charge in [0.2, 0.25) is 10.0 Å². The minimum atomic E-state index is -4.00. The largest absolute Gasteiger partial charge is 0.456 e. The van der Waals surface area contributed by atoms with E-state index in [4.69, 9.17) is 21.5 Å². The monoisotopic (exact) mass is 407 g/mol. The number of sulfonamides is 1. The number of ether oxygens (including phenoxy) is 1. The fourth-order valence-electron chi connectivity index (χ4n) is 2.39. The van der Waals surface area contributed by atoms with Gasteiger partial charge in [0.25, 0.3) is 5.56 Å². The summed E-state index contributed by atoms with van der Waals surface area (Å²) in [6, 6.07) is 8.18. The van der Waals surface area contributed by atoms with Gasteiger partial charge in [-0.2, -0.15) is 0 Å². The molecule has 2 N–H and O–H groups in total. The summed E-state index contributed by atoms with van der Waals surface area (Å²) in [5.74, 6) is -0.864. The molecule has 3 rings (SSSR count). The molecular formula is C17H14ClN3O5S. The van der Waals surface area contributed by atoms with Crippen LogP contribution in [0, 0.1) is 6.92 Å². The maximum atomic E-state index is 12.3. The third-order valence-electron chi connectivity index (χ3n) is 3.70. The number of fused-ring (bicyclic) bond motifs is 1. The third-order valence-corrected chi connectivity index (χ3v) is 4.94. The SMILES string of the molecule is Cc1ccc2nc(COC(=O)c3cc(S(N)(=O)=O)ccc3Cl)cc(=O)n2c1.